The topological polar surface area (TPSA) is 32.3 Å². The summed E-state index contributed by atoms with van der Waals surface area (Å²) in [6.45, 7) is 11.2. The Balaban J connectivity index is 2.35. The van der Waals surface area contributed by atoms with Gasteiger partial charge in [-0.15, -0.1) is 0 Å². The van der Waals surface area contributed by atoms with E-state index in [4.69, 9.17) is 0 Å². The summed E-state index contributed by atoms with van der Waals surface area (Å²) in [7, 11) is 0. The van der Waals surface area contributed by atoms with Crippen LogP contribution in [-0.4, -0.2) is 28.6 Å². The fourth-order valence-electron chi connectivity index (χ4n) is 2.91. The first-order valence-corrected chi connectivity index (χ1v) is 7.42. The smallest absolute Gasteiger partial charge is 0.243 e. The second-order valence-corrected chi connectivity index (χ2v) is 6.53. The van der Waals surface area contributed by atoms with Crippen LogP contribution in [0, 0.1) is 0 Å². The van der Waals surface area contributed by atoms with Gasteiger partial charge >= 0.3 is 0 Å². The van der Waals surface area contributed by atoms with Gasteiger partial charge < -0.3 is 4.90 Å². The Bertz CT molecular complexity index is 284. The molecule has 1 amide bonds. The van der Waals surface area contributed by atoms with E-state index in [1.807, 2.05) is 18.7 Å². The van der Waals surface area contributed by atoms with Gasteiger partial charge in [-0.05, 0) is 34.1 Å². The van der Waals surface area contributed by atoms with E-state index in [1.54, 1.807) is 0 Å². The molecule has 0 saturated carbocycles. The van der Waals surface area contributed by atoms with E-state index in [0.717, 1.165) is 13.0 Å². The van der Waals surface area contributed by atoms with Crippen LogP contribution in [0.1, 0.15) is 73.1 Å². The van der Waals surface area contributed by atoms with Gasteiger partial charge in [0.05, 0.1) is 11.2 Å². The van der Waals surface area contributed by atoms with Crippen LogP contribution in [0.3, 0.4) is 0 Å². The third-order valence-corrected chi connectivity index (χ3v) is 3.81. The summed E-state index contributed by atoms with van der Waals surface area (Å²) in [6.07, 6.45) is 7.61. The average Bonchev–Trinajstić information content (AvgIpc) is 2.40. The normalized spacial score (nSPS) is 21.6. The summed E-state index contributed by atoms with van der Waals surface area (Å²) in [5.74, 6) is 0.237. The van der Waals surface area contributed by atoms with E-state index in [1.165, 1.54) is 32.1 Å². The molecule has 0 aromatic carbocycles. The number of carbonyl (C=O) groups is 1. The summed E-state index contributed by atoms with van der Waals surface area (Å²) < 4.78 is 0. The predicted molar refractivity (Wildman–Crippen MR) is 76.4 cm³/mol. The van der Waals surface area contributed by atoms with Crippen LogP contribution in [0.5, 0.6) is 0 Å². The van der Waals surface area contributed by atoms with Crippen molar-refractivity contribution in [2.24, 2.45) is 0 Å². The van der Waals surface area contributed by atoms with Crippen LogP contribution >= 0.6 is 0 Å². The maximum absolute atomic E-state index is 12.3. The van der Waals surface area contributed by atoms with Gasteiger partial charge in [-0.1, -0.05) is 39.0 Å². The van der Waals surface area contributed by atoms with Crippen molar-refractivity contribution in [1.29, 1.82) is 0 Å². The van der Waals surface area contributed by atoms with Gasteiger partial charge in [0.15, 0.2) is 0 Å². The first-order chi connectivity index (χ1) is 8.31. The molecule has 0 bridgehead atoms. The highest BCUT2D eigenvalue weighted by Gasteiger charge is 2.48. The van der Waals surface area contributed by atoms with Gasteiger partial charge in [0.2, 0.25) is 5.91 Å². The van der Waals surface area contributed by atoms with Crippen molar-refractivity contribution >= 4 is 5.91 Å². The number of unbranched alkanes of at least 4 members (excludes halogenated alkanes) is 5. The molecule has 106 valence electrons. The van der Waals surface area contributed by atoms with E-state index in [2.05, 4.69) is 26.1 Å². The highest BCUT2D eigenvalue weighted by molar-refractivity contribution is 5.88. The lowest BCUT2D eigenvalue weighted by Crippen LogP contribution is -2.48. The summed E-state index contributed by atoms with van der Waals surface area (Å²) in [6, 6.07) is 0. The van der Waals surface area contributed by atoms with Crippen molar-refractivity contribution in [2.75, 3.05) is 6.54 Å². The monoisotopic (exact) mass is 254 g/mol. The van der Waals surface area contributed by atoms with Gasteiger partial charge in [0, 0.05) is 6.54 Å². The molecule has 0 aromatic rings. The number of nitrogens with zero attached hydrogens (tertiary/aromatic N) is 1. The second kappa shape index (κ2) is 6.05. The standard InChI is InChI=1S/C15H30N2O/c1-6-7-8-9-10-11-12-17-13(18)14(2,3)16-15(17,4)5/h16H,6-12H2,1-5H3. The minimum atomic E-state index is -0.411. The number of hydrogen-bond acceptors (Lipinski definition) is 2. The lowest BCUT2D eigenvalue weighted by Gasteiger charge is -2.31. The first kappa shape index (κ1) is 15.5. The van der Waals surface area contributed by atoms with Crippen LogP contribution in [-0.2, 0) is 4.79 Å². The van der Waals surface area contributed by atoms with Crippen molar-refractivity contribution in [3.63, 3.8) is 0 Å². The minimum absolute atomic E-state index is 0.204. The lowest BCUT2D eigenvalue weighted by molar-refractivity contribution is -0.133. The third-order valence-electron chi connectivity index (χ3n) is 3.81. The Morgan fingerprint density at radius 1 is 1.00 bits per heavy atom. The zero-order valence-corrected chi connectivity index (χ0v) is 12.8. The SMILES string of the molecule is CCCCCCCCN1C(=O)C(C)(C)NC1(C)C. The lowest BCUT2D eigenvalue weighted by atomic mass is 10.1. The highest BCUT2D eigenvalue weighted by atomic mass is 16.2. The van der Waals surface area contributed by atoms with Crippen LogP contribution in [0.4, 0.5) is 0 Å². The number of nitrogens with one attached hydrogen (secondary N) is 1. The average molecular weight is 254 g/mol. The Kier molecular flexibility index (Phi) is 5.20. The van der Waals surface area contributed by atoms with Gasteiger partial charge in [0.25, 0.3) is 0 Å². The number of rotatable bonds is 7. The van der Waals surface area contributed by atoms with Crippen molar-refractivity contribution in [3.05, 3.63) is 0 Å². The third kappa shape index (κ3) is 3.71. The molecule has 1 N–H and O–H groups in total. The molecule has 0 spiro atoms. The molecule has 0 radical (unpaired) electrons. The van der Waals surface area contributed by atoms with Crippen molar-refractivity contribution in [3.8, 4) is 0 Å². The molecular formula is C15H30N2O. The molecule has 1 rings (SSSR count). The Labute approximate surface area is 112 Å². The predicted octanol–water partition coefficient (Wildman–Crippen LogP) is 3.29. The van der Waals surface area contributed by atoms with Gasteiger partial charge in [-0.2, -0.15) is 0 Å². The molecule has 1 aliphatic rings. The molecule has 1 heterocycles. The minimum Gasteiger partial charge on any atom is -0.323 e. The maximum atomic E-state index is 12.3. The summed E-state index contributed by atoms with van der Waals surface area (Å²) >= 11 is 0. The molecule has 3 heteroatoms. The summed E-state index contributed by atoms with van der Waals surface area (Å²) in [5.41, 5.74) is -0.615. The van der Waals surface area contributed by atoms with Gasteiger partial charge in [-0.3, -0.25) is 10.1 Å². The van der Waals surface area contributed by atoms with E-state index < -0.39 is 5.54 Å². The zero-order valence-electron chi connectivity index (χ0n) is 12.8. The van der Waals surface area contributed by atoms with Crippen molar-refractivity contribution in [2.45, 2.75) is 84.3 Å². The fraction of sp³-hybridized carbons (Fsp3) is 0.933. The molecule has 18 heavy (non-hydrogen) atoms. The van der Waals surface area contributed by atoms with E-state index in [9.17, 15) is 4.79 Å². The van der Waals surface area contributed by atoms with Crippen LogP contribution in [0.15, 0.2) is 0 Å². The molecule has 1 saturated heterocycles. The molecule has 1 fully saturated rings. The molecule has 0 unspecified atom stereocenters. The van der Waals surface area contributed by atoms with Crippen molar-refractivity contribution < 1.29 is 4.79 Å². The summed E-state index contributed by atoms with van der Waals surface area (Å²) in [5, 5.41) is 3.41. The van der Waals surface area contributed by atoms with Crippen LogP contribution < -0.4 is 5.32 Å². The van der Waals surface area contributed by atoms with Crippen LogP contribution in [0.25, 0.3) is 0 Å². The van der Waals surface area contributed by atoms with Gasteiger partial charge in [0.1, 0.15) is 0 Å². The summed E-state index contributed by atoms with van der Waals surface area (Å²) in [4.78, 5) is 14.3. The highest BCUT2D eigenvalue weighted by Crippen LogP contribution is 2.27. The molecule has 1 aliphatic heterocycles. The number of hydrogen-bond donors (Lipinski definition) is 1. The molecule has 0 aromatic heterocycles. The second-order valence-electron chi connectivity index (χ2n) is 6.53. The fourth-order valence-corrected chi connectivity index (χ4v) is 2.91. The van der Waals surface area contributed by atoms with Crippen molar-refractivity contribution in [1.82, 2.24) is 10.2 Å². The largest absolute Gasteiger partial charge is 0.323 e. The zero-order chi connectivity index (χ0) is 13.8. The van der Waals surface area contributed by atoms with E-state index >= 15 is 0 Å². The quantitative estimate of drug-likeness (QED) is 0.707. The number of amides is 1. The van der Waals surface area contributed by atoms with Gasteiger partial charge in [-0.25, -0.2) is 0 Å². The number of carbonyl (C=O) groups excluding carboxylic acids is 1. The molecular weight excluding hydrogens is 224 g/mol. The molecule has 0 aliphatic carbocycles. The molecule has 0 atom stereocenters. The Hall–Kier alpha value is -0.570. The Morgan fingerprint density at radius 3 is 2.06 bits per heavy atom. The molecule has 3 nitrogen and oxygen atoms in total. The Morgan fingerprint density at radius 2 is 1.56 bits per heavy atom. The van der Waals surface area contributed by atoms with E-state index in [0.29, 0.717) is 0 Å². The maximum Gasteiger partial charge on any atom is 0.243 e. The van der Waals surface area contributed by atoms with Crippen LogP contribution in [0.2, 0.25) is 0 Å². The van der Waals surface area contributed by atoms with E-state index in [-0.39, 0.29) is 11.6 Å². The first-order valence-electron chi connectivity index (χ1n) is 7.42.